The van der Waals surface area contributed by atoms with Gasteiger partial charge in [-0.2, -0.15) is 0 Å². The van der Waals surface area contributed by atoms with E-state index in [0.29, 0.717) is 7.92 Å². The van der Waals surface area contributed by atoms with Crippen LogP contribution in [0.3, 0.4) is 0 Å². The molecule has 1 heterocycles. The molecule has 0 aromatic rings. The number of allylic oxidation sites excluding steroid dienone is 1. The third-order valence-electron chi connectivity index (χ3n) is 1.64. The zero-order valence-electron chi connectivity index (χ0n) is 5.65. The largest absolute Gasteiger partial charge is 0.0862 e. The molecule has 1 rings (SSSR count). The Labute approximate surface area is 52.7 Å². The summed E-state index contributed by atoms with van der Waals surface area (Å²) in [6.07, 6.45) is 4.13. The van der Waals surface area contributed by atoms with E-state index in [9.17, 15) is 0 Å². The lowest BCUT2D eigenvalue weighted by Crippen LogP contribution is -1.73. The molecule has 0 aromatic heterocycles. The van der Waals surface area contributed by atoms with Gasteiger partial charge in [0.05, 0.1) is 0 Å². The number of hydrogen-bond donors (Lipinski definition) is 0. The second-order valence-electron chi connectivity index (χ2n) is 2.37. The first-order valence-corrected chi connectivity index (χ1v) is 5.27. The Morgan fingerprint density at radius 3 is 2.75 bits per heavy atom. The quantitative estimate of drug-likeness (QED) is 0.476. The van der Waals surface area contributed by atoms with E-state index in [2.05, 4.69) is 19.4 Å². The van der Waals surface area contributed by atoms with Crippen molar-refractivity contribution in [3.05, 3.63) is 11.4 Å². The molecule has 0 saturated carbocycles. The molecule has 0 nitrogen and oxygen atoms in total. The van der Waals surface area contributed by atoms with E-state index in [1.54, 1.807) is 5.57 Å². The Balaban J connectivity index is 2.44. The van der Waals surface area contributed by atoms with Crippen molar-refractivity contribution >= 4 is 7.92 Å². The van der Waals surface area contributed by atoms with Gasteiger partial charge in [0.1, 0.15) is 0 Å². The lowest BCUT2D eigenvalue weighted by atomic mass is 10.2. The molecule has 0 saturated heterocycles. The average Bonchev–Trinajstić information content (AvgIpc) is 2.14. The van der Waals surface area contributed by atoms with Crippen LogP contribution in [-0.2, 0) is 0 Å². The van der Waals surface area contributed by atoms with Gasteiger partial charge in [-0.3, -0.25) is 0 Å². The fourth-order valence-electron chi connectivity index (χ4n) is 1.03. The second-order valence-corrected chi connectivity index (χ2v) is 4.59. The van der Waals surface area contributed by atoms with Crippen molar-refractivity contribution in [3.8, 4) is 0 Å². The molecule has 1 aliphatic heterocycles. The summed E-state index contributed by atoms with van der Waals surface area (Å²) in [4.78, 5) is 0. The monoisotopic (exact) mass is 128 g/mol. The maximum absolute atomic E-state index is 2.48. The van der Waals surface area contributed by atoms with Crippen molar-refractivity contribution in [2.45, 2.75) is 19.8 Å². The zero-order valence-corrected chi connectivity index (χ0v) is 6.54. The highest BCUT2D eigenvalue weighted by atomic mass is 31.1. The molecule has 0 radical (unpaired) electrons. The Morgan fingerprint density at radius 1 is 1.75 bits per heavy atom. The van der Waals surface area contributed by atoms with Crippen LogP contribution in [0.2, 0.25) is 0 Å². The molecule has 0 amide bonds. The summed E-state index contributed by atoms with van der Waals surface area (Å²) >= 11 is 0. The first-order chi connectivity index (χ1) is 3.83. The van der Waals surface area contributed by atoms with E-state index < -0.39 is 0 Å². The van der Waals surface area contributed by atoms with Crippen LogP contribution in [0.5, 0.6) is 0 Å². The third-order valence-corrected chi connectivity index (χ3v) is 3.38. The molecule has 1 aliphatic rings. The molecule has 0 fully saturated rings. The first kappa shape index (κ1) is 6.29. The van der Waals surface area contributed by atoms with Crippen LogP contribution in [-0.4, -0.2) is 12.8 Å². The number of rotatable bonds is 1. The lowest BCUT2D eigenvalue weighted by molar-refractivity contribution is 1.01. The summed E-state index contributed by atoms with van der Waals surface area (Å²) in [6.45, 7) is 4.61. The van der Waals surface area contributed by atoms with E-state index in [1.807, 2.05) is 0 Å². The van der Waals surface area contributed by atoms with Gasteiger partial charge >= 0.3 is 0 Å². The predicted octanol–water partition coefficient (Wildman–Crippen LogP) is 2.80. The summed E-state index contributed by atoms with van der Waals surface area (Å²) in [7, 11) is 0.328. The molecule has 1 unspecified atom stereocenters. The molecule has 1 heteroatoms. The molecule has 1 atom stereocenters. The summed E-state index contributed by atoms with van der Waals surface area (Å²) < 4.78 is 0. The minimum atomic E-state index is 0.328. The summed E-state index contributed by atoms with van der Waals surface area (Å²) in [6, 6.07) is 0. The molecule has 0 spiro atoms. The van der Waals surface area contributed by atoms with Gasteiger partial charge in [0.25, 0.3) is 0 Å². The molecule has 8 heavy (non-hydrogen) atoms. The first-order valence-electron chi connectivity index (χ1n) is 3.22. The van der Waals surface area contributed by atoms with Crippen LogP contribution in [0, 0.1) is 0 Å². The highest BCUT2D eigenvalue weighted by Crippen LogP contribution is 2.42. The van der Waals surface area contributed by atoms with E-state index in [4.69, 9.17) is 0 Å². The fourth-order valence-corrected chi connectivity index (χ4v) is 2.73. The van der Waals surface area contributed by atoms with Crippen LogP contribution < -0.4 is 0 Å². The highest BCUT2D eigenvalue weighted by Gasteiger charge is 2.07. The lowest BCUT2D eigenvalue weighted by Gasteiger charge is -1.91. The highest BCUT2D eigenvalue weighted by molar-refractivity contribution is 7.60. The van der Waals surface area contributed by atoms with E-state index >= 15 is 0 Å². The van der Waals surface area contributed by atoms with Crippen LogP contribution in [0.1, 0.15) is 19.8 Å². The zero-order chi connectivity index (χ0) is 5.98. The summed E-state index contributed by atoms with van der Waals surface area (Å²) in [5.74, 6) is 2.48. The average molecular weight is 128 g/mol. The third kappa shape index (κ3) is 1.32. The molecule has 0 aliphatic carbocycles. The Kier molecular flexibility index (Phi) is 2.08. The Bertz CT molecular complexity index is 105. The van der Waals surface area contributed by atoms with Gasteiger partial charge in [0.15, 0.2) is 0 Å². The summed E-state index contributed by atoms with van der Waals surface area (Å²) in [5.41, 5.74) is 1.69. The molecular weight excluding hydrogens is 115 g/mol. The maximum atomic E-state index is 2.48. The topological polar surface area (TPSA) is 0 Å². The predicted molar refractivity (Wildman–Crippen MR) is 40.7 cm³/mol. The van der Waals surface area contributed by atoms with Crippen LogP contribution in [0.4, 0.5) is 0 Å². The van der Waals surface area contributed by atoms with Gasteiger partial charge in [0.2, 0.25) is 0 Å². The van der Waals surface area contributed by atoms with Gasteiger partial charge in [-0.15, -0.1) is 0 Å². The molecule has 0 bridgehead atoms. The maximum Gasteiger partial charge on any atom is -0.0256 e. The fraction of sp³-hybridized carbons (Fsp3) is 0.714. The van der Waals surface area contributed by atoms with Crippen molar-refractivity contribution in [2.24, 2.45) is 0 Å². The van der Waals surface area contributed by atoms with E-state index in [1.165, 1.54) is 19.0 Å². The number of hydrogen-bond acceptors (Lipinski definition) is 0. The van der Waals surface area contributed by atoms with Crippen LogP contribution in [0.25, 0.3) is 0 Å². The van der Waals surface area contributed by atoms with Crippen molar-refractivity contribution in [3.63, 3.8) is 0 Å². The molecule has 0 N–H and O–H groups in total. The van der Waals surface area contributed by atoms with Crippen molar-refractivity contribution < 1.29 is 0 Å². The molecule has 0 aromatic carbocycles. The SMILES string of the molecule is CCC1=CP(C)CC1. The van der Waals surface area contributed by atoms with Gasteiger partial charge in [-0.1, -0.05) is 26.2 Å². The van der Waals surface area contributed by atoms with Gasteiger partial charge < -0.3 is 0 Å². The van der Waals surface area contributed by atoms with E-state index in [0.717, 1.165) is 0 Å². The van der Waals surface area contributed by atoms with Crippen LogP contribution >= 0.6 is 7.92 Å². The minimum absolute atomic E-state index is 0.328. The Hall–Kier alpha value is 0.170. The standard InChI is InChI=1S/C7H13P/c1-3-7-4-5-8(2)6-7/h6H,3-5H2,1-2H3. The second kappa shape index (κ2) is 2.64. The molecule has 46 valence electrons. The van der Waals surface area contributed by atoms with Gasteiger partial charge in [0, 0.05) is 0 Å². The minimum Gasteiger partial charge on any atom is -0.0862 e. The normalized spacial score (nSPS) is 28.2. The summed E-state index contributed by atoms with van der Waals surface area (Å²) in [5, 5.41) is 0. The van der Waals surface area contributed by atoms with Crippen molar-refractivity contribution in [2.75, 3.05) is 12.8 Å². The van der Waals surface area contributed by atoms with Gasteiger partial charge in [-0.25, -0.2) is 0 Å². The van der Waals surface area contributed by atoms with Crippen molar-refractivity contribution in [1.82, 2.24) is 0 Å². The molecular formula is C7H13P. The van der Waals surface area contributed by atoms with Gasteiger partial charge in [-0.05, 0) is 25.7 Å². The smallest absolute Gasteiger partial charge is 0.0256 e. The van der Waals surface area contributed by atoms with E-state index in [-0.39, 0.29) is 0 Å². The van der Waals surface area contributed by atoms with Crippen molar-refractivity contribution in [1.29, 1.82) is 0 Å². The van der Waals surface area contributed by atoms with Crippen LogP contribution in [0.15, 0.2) is 11.4 Å². The Morgan fingerprint density at radius 2 is 2.50 bits per heavy atom.